The minimum Gasteiger partial charge on any atom is -0.444 e. The molecule has 1 heterocycles. The molecule has 0 radical (unpaired) electrons. The number of nitrogens with one attached hydrogen (secondary N) is 1. The molecular weight excluding hydrogens is 284 g/mol. The second-order valence-corrected chi connectivity index (χ2v) is 8.22. The molecule has 1 rings (SSSR count). The molecule has 2 atom stereocenters. The van der Waals surface area contributed by atoms with Gasteiger partial charge in [-0.05, 0) is 58.8 Å². The lowest BCUT2D eigenvalue weighted by atomic mass is 9.98. The molecule has 1 N–H and O–H groups in total. The van der Waals surface area contributed by atoms with E-state index in [4.69, 9.17) is 4.74 Å². The Hall–Kier alpha value is -0.420. The van der Waals surface area contributed by atoms with Crippen LogP contribution >= 0.6 is 11.8 Å². The van der Waals surface area contributed by atoms with Crippen LogP contribution in [0.2, 0.25) is 0 Å². The third kappa shape index (κ3) is 7.96. The molecule has 0 aliphatic carbocycles. The maximum absolute atomic E-state index is 12.1. The molecular formula is C16H32N2O2S. The Morgan fingerprint density at radius 3 is 2.81 bits per heavy atom. The molecule has 1 aliphatic heterocycles. The van der Waals surface area contributed by atoms with E-state index in [1.165, 1.54) is 12.2 Å². The molecule has 0 aromatic rings. The number of rotatable bonds is 6. The van der Waals surface area contributed by atoms with E-state index in [1.807, 2.05) is 37.4 Å². The number of hydrogen-bond acceptors (Lipinski definition) is 4. The van der Waals surface area contributed by atoms with Crippen LogP contribution in [0.25, 0.3) is 0 Å². The molecule has 124 valence electrons. The summed E-state index contributed by atoms with van der Waals surface area (Å²) < 4.78 is 5.47. The Bertz CT molecular complexity index is 318. The quantitative estimate of drug-likeness (QED) is 0.816. The summed E-state index contributed by atoms with van der Waals surface area (Å²) in [6.45, 7) is 12.8. The normalized spacial score (nSPS) is 21.2. The highest BCUT2D eigenvalue weighted by atomic mass is 32.2. The van der Waals surface area contributed by atoms with Gasteiger partial charge in [0.15, 0.2) is 0 Å². The van der Waals surface area contributed by atoms with Crippen molar-refractivity contribution in [3.8, 4) is 0 Å². The summed E-state index contributed by atoms with van der Waals surface area (Å²) in [7, 11) is 0. The van der Waals surface area contributed by atoms with Crippen LogP contribution in [0.1, 0.15) is 47.5 Å². The van der Waals surface area contributed by atoms with Crippen LogP contribution in [-0.4, -0.2) is 53.8 Å². The molecule has 1 fully saturated rings. The highest BCUT2D eigenvalue weighted by molar-refractivity contribution is 7.99. The smallest absolute Gasteiger partial charge is 0.410 e. The molecule has 4 nitrogen and oxygen atoms in total. The van der Waals surface area contributed by atoms with Gasteiger partial charge in [-0.15, -0.1) is 0 Å². The standard InChI is InChI=1S/C16H32N2O2S/c1-6-21-12-13(2)17-10-14-8-7-9-18(11-14)15(19)20-16(3,4)5/h13-14,17H,6-12H2,1-5H3. The van der Waals surface area contributed by atoms with Crippen LogP contribution in [0, 0.1) is 5.92 Å². The Labute approximate surface area is 134 Å². The van der Waals surface area contributed by atoms with E-state index < -0.39 is 5.60 Å². The summed E-state index contributed by atoms with van der Waals surface area (Å²) in [5.74, 6) is 2.86. The van der Waals surface area contributed by atoms with E-state index in [-0.39, 0.29) is 6.09 Å². The summed E-state index contributed by atoms with van der Waals surface area (Å²) in [6, 6.07) is 0.534. The third-order valence-corrected chi connectivity index (χ3v) is 4.64. The second kappa shape index (κ2) is 8.89. The molecule has 0 spiro atoms. The predicted molar refractivity (Wildman–Crippen MR) is 91.0 cm³/mol. The Balaban J connectivity index is 2.33. The number of hydrogen-bond donors (Lipinski definition) is 1. The Morgan fingerprint density at radius 2 is 2.19 bits per heavy atom. The first-order valence-corrected chi connectivity index (χ1v) is 9.26. The molecule has 0 aromatic heterocycles. The maximum atomic E-state index is 12.1. The zero-order valence-electron chi connectivity index (χ0n) is 14.3. The molecule has 1 aliphatic rings. The molecule has 21 heavy (non-hydrogen) atoms. The highest BCUT2D eigenvalue weighted by Crippen LogP contribution is 2.19. The topological polar surface area (TPSA) is 41.6 Å². The van der Waals surface area contributed by atoms with E-state index in [0.29, 0.717) is 12.0 Å². The monoisotopic (exact) mass is 316 g/mol. The first-order chi connectivity index (χ1) is 9.81. The van der Waals surface area contributed by atoms with Crippen molar-refractivity contribution in [2.24, 2.45) is 5.92 Å². The van der Waals surface area contributed by atoms with E-state index in [1.54, 1.807) is 0 Å². The van der Waals surface area contributed by atoms with Gasteiger partial charge < -0.3 is 15.0 Å². The Kier molecular flexibility index (Phi) is 7.88. The lowest BCUT2D eigenvalue weighted by Gasteiger charge is -2.34. The van der Waals surface area contributed by atoms with Crippen LogP contribution in [0.4, 0.5) is 4.79 Å². The van der Waals surface area contributed by atoms with E-state index in [0.717, 1.165) is 31.8 Å². The lowest BCUT2D eigenvalue weighted by molar-refractivity contribution is 0.0166. The average Bonchev–Trinajstić information content (AvgIpc) is 2.41. The number of amides is 1. The van der Waals surface area contributed by atoms with E-state index in [9.17, 15) is 4.79 Å². The first-order valence-electron chi connectivity index (χ1n) is 8.11. The van der Waals surface area contributed by atoms with Crippen molar-refractivity contribution in [2.75, 3.05) is 31.1 Å². The summed E-state index contributed by atoms with van der Waals surface area (Å²) in [5, 5.41) is 3.60. The number of nitrogens with zero attached hydrogens (tertiary/aromatic N) is 1. The molecule has 1 saturated heterocycles. The number of thioether (sulfide) groups is 1. The largest absolute Gasteiger partial charge is 0.444 e. The van der Waals surface area contributed by atoms with Gasteiger partial charge in [-0.3, -0.25) is 0 Å². The minimum atomic E-state index is -0.409. The number of carbonyl (C=O) groups excluding carboxylic acids is 1. The van der Waals surface area contributed by atoms with E-state index >= 15 is 0 Å². The summed E-state index contributed by atoms with van der Waals surface area (Å²) in [4.78, 5) is 14.0. The van der Waals surface area contributed by atoms with Crippen LogP contribution in [0.5, 0.6) is 0 Å². The van der Waals surface area contributed by atoms with Gasteiger partial charge in [-0.2, -0.15) is 11.8 Å². The van der Waals surface area contributed by atoms with E-state index in [2.05, 4.69) is 19.2 Å². The van der Waals surface area contributed by atoms with Crippen molar-refractivity contribution in [1.29, 1.82) is 0 Å². The summed E-state index contributed by atoms with van der Waals surface area (Å²) in [5.41, 5.74) is -0.409. The number of piperidine rings is 1. The van der Waals surface area contributed by atoms with Gasteiger partial charge in [0, 0.05) is 24.9 Å². The van der Waals surface area contributed by atoms with Crippen LogP contribution in [0.15, 0.2) is 0 Å². The minimum absolute atomic E-state index is 0.165. The molecule has 1 amide bonds. The number of carbonyl (C=O) groups is 1. The van der Waals surface area contributed by atoms with Gasteiger partial charge in [0.05, 0.1) is 0 Å². The maximum Gasteiger partial charge on any atom is 0.410 e. The van der Waals surface area contributed by atoms with Crippen LogP contribution < -0.4 is 5.32 Å². The van der Waals surface area contributed by atoms with Gasteiger partial charge in [0.1, 0.15) is 5.60 Å². The zero-order chi connectivity index (χ0) is 15.9. The van der Waals surface area contributed by atoms with Gasteiger partial charge in [-0.25, -0.2) is 4.79 Å². The first kappa shape index (κ1) is 18.6. The average molecular weight is 317 g/mol. The molecule has 5 heteroatoms. The number of likely N-dealkylation sites (tertiary alicyclic amines) is 1. The van der Waals surface area contributed by atoms with Crippen molar-refractivity contribution < 1.29 is 9.53 Å². The van der Waals surface area contributed by atoms with Crippen LogP contribution in [0.3, 0.4) is 0 Å². The summed E-state index contributed by atoms with van der Waals surface area (Å²) >= 11 is 1.97. The molecule has 0 aromatic carbocycles. The highest BCUT2D eigenvalue weighted by Gasteiger charge is 2.27. The van der Waals surface area contributed by atoms with Crippen LogP contribution in [-0.2, 0) is 4.74 Å². The fourth-order valence-electron chi connectivity index (χ4n) is 2.45. The molecule has 0 bridgehead atoms. The molecule has 2 unspecified atom stereocenters. The second-order valence-electron chi connectivity index (χ2n) is 6.90. The number of ether oxygens (including phenoxy) is 1. The lowest BCUT2D eigenvalue weighted by Crippen LogP contribution is -2.46. The van der Waals surface area contributed by atoms with Crippen molar-refractivity contribution >= 4 is 17.9 Å². The van der Waals surface area contributed by atoms with Crippen molar-refractivity contribution in [3.63, 3.8) is 0 Å². The van der Waals surface area contributed by atoms with Gasteiger partial charge in [-0.1, -0.05) is 6.92 Å². The van der Waals surface area contributed by atoms with Crippen molar-refractivity contribution in [2.45, 2.75) is 59.1 Å². The SMILES string of the molecule is CCSCC(C)NCC1CCCN(C(=O)OC(C)(C)C)C1. The third-order valence-electron chi connectivity index (χ3n) is 3.50. The van der Waals surface area contributed by atoms with Gasteiger partial charge >= 0.3 is 6.09 Å². The fourth-order valence-corrected chi connectivity index (χ4v) is 3.15. The summed E-state index contributed by atoms with van der Waals surface area (Å²) in [6.07, 6.45) is 2.10. The fraction of sp³-hybridized carbons (Fsp3) is 0.938. The Morgan fingerprint density at radius 1 is 1.48 bits per heavy atom. The van der Waals surface area contributed by atoms with Crippen molar-refractivity contribution in [1.82, 2.24) is 10.2 Å². The van der Waals surface area contributed by atoms with Gasteiger partial charge in [0.2, 0.25) is 0 Å². The molecule has 0 saturated carbocycles. The zero-order valence-corrected chi connectivity index (χ0v) is 15.1. The van der Waals surface area contributed by atoms with Gasteiger partial charge in [0.25, 0.3) is 0 Å². The predicted octanol–water partition coefficient (Wildman–Crippen LogP) is 3.36. The van der Waals surface area contributed by atoms with Crippen molar-refractivity contribution in [3.05, 3.63) is 0 Å².